The van der Waals surface area contributed by atoms with Gasteiger partial charge in [0.1, 0.15) is 23.5 Å². The molecule has 0 fully saturated rings. The van der Waals surface area contributed by atoms with Crippen molar-refractivity contribution in [2.75, 3.05) is 31.7 Å². The molecule has 11 heteroatoms. The highest BCUT2D eigenvalue weighted by molar-refractivity contribution is 5.95. The van der Waals surface area contributed by atoms with E-state index in [0.717, 1.165) is 47.1 Å². The van der Waals surface area contributed by atoms with E-state index in [9.17, 15) is 24.6 Å². The number of hydrogen-bond donors (Lipinski definition) is 4. The third kappa shape index (κ3) is 10.0. The third-order valence-electron chi connectivity index (χ3n) is 12.9. The predicted octanol–water partition coefficient (Wildman–Crippen LogP) is 8.43. The predicted molar refractivity (Wildman–Crippen MR) is 238 cm³/mol. The Kier molecular flexibility index (Phi) is 13.7. The fourth-order valence-corrected chi connectivity index (χ4v) is 9.51. The van der Waals surface area contributed by atoms with Gasteiger partial charge in [-0.25, -0.2) is 0 Å². The van der Waals surface area contributed by atoms with Crippen molar-refractivity contribution in [3.8, 4) is 11.5 Å². The van der Waals surface area contributed by atoms with Gasteiger partial charge in [-0.05, 0) is 109 Å². The molecule has 4 N–H and O–H groups in total. The Balaban J connectivity index is 1.38. The van der Waals surface area contributed by atoms with Crippen molar-refractivity contribution in [1.29, 1.82) is 0 Å². The molecule has 2 aromatic heterocycles. The van der Waals surface area contributed by atoms with E-state index in [0.29, 0.717) is 44.5 Å². The van der Waals surface area contributed by atoms with Crippen LogP contribution >= 0.6 is 0 Å². The summed E-state index contributed by atoms with van der Waals surface area (Å²) in [6, 6.07) is 10.8. The number of methoxy groups -OCH3 is 1. The van der Waals surface area contributed by atoms with E-state index in [2.05, 4.69) is 83.2 Å². The van der Waals surface area contributed by atoms with Crippen LogP contribution in [0.5, 0.6) is 11.5 Å². The molecule has 4 bridgehead atoms. The van der Waals surface area contributed by atoms with Gasteiger partial charge in [-0.3, -0.25) is 14.4 Å². The fraction of sp³-hybridized carbons (Fsp3) is 0.420. The van der Waals surface area contributed by atoms with Crippen LogP contribution in [0.4, 0.5) is 5.69 Å². The maximum atomic E-state index is 14.4. The number of aromatic amines is 1. The van der Waals surface area contributed by atoms with Crippen LogP contribution in [0.15, 0.2) is 109 Å². The highest BCUT2D eigenvalue weighted by atomic mass is 16.5. The van der Waals surface area contributed by atoms with E-state index in [-0.39, 0.29) is 54.0 Å². The lowest BCUT2D eigenvalue weighted by Gasteiger charge is -2.38. The number of rotatable bonds is 9. The molecule has 5 unspecified atom stereocenters. The Hall–Kier alpha value is -5.81. The molecule has 61 heavy (non-hydrogen) atoms. The van der Waals surface area contributed by atoms with Gasteiger partial charge >= 0.3 is 5.97 Å². The molecule has 0 radical (unpaired) electrons. The first-order valence-corrected chi connectivity index (χ1v) is 21.7. The van der Waals surface area contributed by atoms with E-state index in [1.807, 2.05) is 29.0 Å². The first kappa shape index (κ1) is 43.3. The molecule has 0 saturated carbocycles. The van der Waals surface area contributed by atoms with Crippen molar-refractivity contribution in [3.05, 3.63) is 126 Å². The topological polar surface area (TPSA) is 146 Å². The maximum absolute atomic E-state index is 14.4. The van der Waals surface area contributed by atoms with Crippen LogP contribution in [0.3, 0.4) is 0 Å². The number of Topliss-reactive ketones (excluding diaryl/α,β-unsaturated/α-hetero) is 2. The zero-order valence-electron chi connectivity index (χ0n) is 35.9. The number of dihydropyridines is 1. The molecule has 322 valence electrons. The van der Waals surface area contributed by atoms with Gasteiger partial charge in [0.25, 0.3) is 0 Å². The summed E-state index contributed by atoms with van der Waals surface area (Å²) in [5.74, 6) is 1.10. The first-order valence-electron chi connectivity index (χ1n) is 21.7. The lowest BCUT2D eigenvalue weighted by molar-refractivity contribution is -0.148. The maximum Gasteiger partial charge on any atom is 0.302 e. The van der Waals surface area contributed by atoms with E-state index in [1.54, 1.807) is 19.1 Å². The number of aliphatic hydroxyl groups excluding tert-OH is 1. The minimum atomic E-state index is -0.623. The third-order valence-corrected chi connectivity index (χ3v) is 12.9. The molecule has 0 saturated heterocycles. The summed E-state index contributed by atoms with van der Waals surface area (Å²) >= 11 is 0. The number of carbonyl (C=O) groups excluding carboxylic acids is 3. The number of esters is 1. The van der Waals surface area contributed by atoms with Gasteiger partial charge in [0.05, 0.1) is 18.8 Å². The van der Waals surface area contributed by atoms with Crippen molar-refractivity contribution in [1.82, 2.24) is 14.9 Å². The molecule has 4 heterocycles. The number of ketones is 2. The zero-order chi connectivity index (χ0) is 43.1. The minimum Gasteiger partial charge on any atom is -0.504 e. The summed E-state index contributed by atoms with van der Waals surface area (Å²) < 4.78 is 13.5. The molecule has 2 aromatic carbocycles. The van der Waals surface area contributed by atoms with Gasteiger partial charge in [-0.2, -0.15) is 0 Å². The zero-order valence-corrected chi connectivity index (χ0v) is 35.9. The van der Waals surface area contributed by atoms with E-state index >= 15 is 0 Å². The van der Waals surface area contributed by atoms with E-state index in [4.69, 9.17) is 9.47 Å². The summed E-state index contributed by atoms with van der Waals surface area (Å²) in [6.45, 7) is 6.41. The molecule has 5 atom stereocenters. The minimum absolute atomic E-state index is 0.00178. The van der Waals surface area contributed by atoms with Crippen LogP contribution in [0.25, 0.3) is 10.8 Å². The second-order valence-electron chi connectivity index (χ2n) is 17.1. The number of phenols is 1. The second-order valence-corrected chi connectivity index (χ2v) is 17.1. The highest BCUT2D eigenvalue weighted by Crippen LogP contribution is 2.44. The number of aromatic hydroxyl groups is 1. The fourth-order valence-electron chi connectivity index (χ4n) is 9.51. The quantitative estimate of drug-likeness (QED) is 0.122. The average molecular weight is 829 g/mol. The number of fused-ring (bicyclic) bond motifs is 3. The molecule has 2 aliphatic heterocycles. The monoisotopic (exact) mass is 828 g/mol. The molecule has 0 amide bonds. The van der Waals surface area contributed by atoms with Crippen molar-refractivity contribution in [2.45, 2.75) is 90.7 Å². The lowest BCUT2D eigenvalue weighted by Crippen LogP contribution is -2.36. The van der Waals surface area contributed by atoms with Gasteiger partial charge < -0.3 is 39.5 Å². The van der Waals surface area contributed by atoms with Crippen LogP contribution in [-0.2, 0) is 32.0 Å². The molecular formula is C50H60N4O7. The standard InChI is InChI=1S/C50H60N4O7/c1-33-9-5-6-18-50(33)19-15-43(61-35(3)57)26-42(58)27-46(38-13-14-47(59)48(24-38)60-4)53-31-39-10-7-12-45(44(39)32-53)54(21-17-34(2)56)49-25-37(16-20-52-49)36(11-8-22-55)23-40-29-51-30-41(40)28-50/h5-7,9-10,12-14,16,18,24-25,29-33,36,43,46,51-52,55,59H,8,11,15,17,19-23,26-28H2,1-4H3. The van der Waals surface area contributed by atoms with Crippen molar-refractivity contribution >= 4 is 34.0 Å². The Labute approximate surface area is 358 Å². The van der Waals surface area contributed by atoms with Gasteiger partial charge in [0.15, 0.2) is 11.5 Å². The number of allylic oxidation sites excluding steroid dienone is 6. The summed E-state index contributed by atoms with van der Waals surface area (Å²) in [5, 5.41) is 26.1. The van der Waals surface area contributed by atoms with Gasteiger partial charge in [0.2, 0.25) is 0 Å². The Morgan fingerprint density at radius 3 is 2.64 bits per heavy atom. The van der Waals surface area contributed by atoms with E-state index < -0.39 is 18.1 Å². The number of nitrogens with one attached hydrogen (secondary N) is 2. The Morgan fingerprint density at radius 2 is 1.87 bits per heavy atom. The second kappa shape index (κ2) is 19.3. The van der Waals surface area contributed by atoms with E-state index in [1.165, 1.54) is 30.7 Å². The number of aromatic nitrogens is 2. The summed E-state index contributed by atoms with van der Waals surface area (Å²) in [4.78, 5) is 45.2. The largest absolute Gasteiger partial charge is 0.504 e. The van der Waals surface area contributed by atoms with Crippen LogP contribution < -0.4 is 15.0 Å². The Morgan fingerprint density at radius 1 is 1.03 bits per heavy atom. The normalized spacial score (nSPS) is 23.5. The lowest BCUT2D eigenvalue weighted by atomic mass is 9.66. The van der Waals surface area contributed by atoms with Crippen molar-refractivity contribution < 1.29 is 34.1 Å². The summed E-state index contributed by atoms with van der Waals surface area (Å²) in [7, 11) is 1.50. The SMILES string of the molecule is COc1cc(C2CC(=O)CC(OC(C)=O)CCC3(C=CC=CC3C)Cc3c[nH]cc3CC(CCCO)C3=CCNC(=C3)N(CCC(C)=O)c3cccc4cn2cc34)ccc1O. The molecule has 7 rings (SSSR count). The van der Waals surface area contributed by atoms with Gasteiger partial charge in [0, 0.05) is 81.4 Å². The van der Waals surface area contributed by atoms with Crippen LogP contribution in [0.1, 0.15) is 88.4 Å². The average Bonchev–Trinajstić information content (AvgIpc) is 3.88. The number of ether oxygens (including phenoxy) is 2. The highest BCUT2D eigenvalue weighted by Gasteiger charge is 2.36. The number of anilines is 1. The summed E-state index contributed by atoms with van der Waals surface area (Å²) in [6.07, 6.45) is 25.6. The number of carbonyl (C=O) groups is 3. The smallest absolute Gasteiger partial charge is 0.302 e. The van der Waals surface area contributed by atoms with Crippen LogP contribution in [-0.4, -0.2) is 70.2 Å². The van der Waals surface area contributed by atoms with Crippen LogP contribution in [0.2, 0.25) is 0 Å². The first-order chi connectivity index (χ1) is 29.5. The van der Waals surface area contributed by atoms with Crippen molar-refractivity contribution in [3.63, 3.8) is 0 Å². The molecule has 11 nitrogen and oxygen atoms in total. The number of H-pyrrole nitrogens is 1. The van der Waals surface area contributed by atoms with Gasteiger partial charge in [-0.1, -0.05) is 55.5 Å². The number of hydrogen-bond acceptors (Lipinski definition) is 9. The summed E-state index contributed by atoms with van der Waals surface area (Å²) in [5.41, 5.74) is 5.02. The molecule has 3 aliphatic rings. The Bertz CT molecular complexity index is 2350. The molecule has 1 spiro atoms. The number of aliphatic hydroxyl groups is 1. The molecule has 1 aliphatic carbocycles. The molecular weight excluding hydrogens is 769 g/mol. The van der Waals surface area contributed by atoms with Gasteiger partial charge in [-0.15, -0.1) is 0 Å². The van der Waals surface area contributed by atoms with Crippen LogP contribution in [0, 0.1) is 17.3 Å². The van der Waals surface area contributed by atoms with Crippen molar-refractivity contribution in [2.24, 2.45) is 17.3 Å². The number of phenolic OH excluding ortho intramolecular Hbond substituents is 1. The number of nitrogens with zero attached hydrogens (tertiary/aromatic N) is 2. The number of benzene rings is 2. The molecule has 4 aromatic rings.